The van der Waals surface area contributed by atoms with Gasteiger partial charge in [0.15, 0.2) is 5.69 Å². The Bertz CT molecular complexity index is 1100. The van der Waals surface area contributed by atoms with Gasteiger partial charge in [-0.2, -0.15) is 13.2 Å². The Morgan fingerprint density at radius 1 is 1.11 bits per heavy atom. The number of hydrogen-bond acceptors (Lipinski definition) is 7. The molecule has 2 aromatic rings. The number of carboxylic acid groups (broad SMARTS) is 1. The number of alkyl halides is 3. The maximum absolute atomic E-state index is 13.8. The van der Waals surface area contributed by atoms with E-state index >= 15 is 0 Å². The Hall–Kier alpha value is -2.69. The molecule has 4 atom stereocenters. The van der Waals surface area contributed by atoms with Crippen LogP contribution in [0.1, 0.15) is 110 Å². The summed E-state index contributed by atoms with van der Waals surface area (Å²) in [5, 5.41) is 13.3. The van der Waals surface area contributed by atoms with Crippen molar-refractivity contribution in [3.05, 3.63) is 35.1 Å². The second kappa shape index (κ2) is 11.2. The SMILES string of the molecule is CCC1CC[C@@H](CCOCc2c(C3CCCCC3C(F)(F)F)noc2C2CC2)N1c1cnc(C(=O)O)cn1. The van der Waals surface area contributed by atoms with Crippen LogP contribution < -0.4 is 4.90 Å². The zero-order valence-electron chi connectivity index (χ0n) is 21.6. The summed E-state index contributed by atoms with van der Waals surface area (Å²) in [5.74, 6) is -1.60. The van der Waals surface area contributed by atoms with Crippen LogP contribution in [0.2, 0.25) is 0 Å². The van der Waals surface area contributed by atoms with Gasteiger partial charge in [-0.3, -0.25) is 0 Å². The molecule has 0 amide bonds. The number of aromatic nitrogens is 3. The van der Waals surface area contributed by atoms with Gasteiger partial charge in [0.2, 0.25) is 0 Å². The van der Waals surface area contributed by atoms with E-state index in [9.17, 15) is 18.0 Å². The first kappa shape index (κ1) is 26.9. The summed E-state index contributed by atoms with van der Waals surface area (Å²) >= 11 is 0. The molecule has 2 saturated carbocycles. The van der Waals surface area contributed by atoms with Gasteiger partial charge in [0.1, 0.15) is 11.6 Å². The van der Waals surface area contributed by atoms with Crippen LogP contribution in [-0.2, 0) is 11.3 Å². The molecule has 1 N–H and O–H groups in total. The van der Waals surface area contributed by atoms with E-state index in [1.807, 2.05) is 0 Å². The third kappa shape index (κ3) is 5.67. The van der Waals surface area contributed by atoms with E-state index in [0.29, 0.717) is 43.1 Å². The quantitative estimate of drug-likeness (QED) is 0.357. The van der Waals surface area contributed by atoms with E-state index in [1.165, 1.54) is 12.4 Å². The van der Waals surface area contributed by atoms with E-state index in [2.05, 4.69) is 26.9 Å². The van der Waals surface area contributed by atoms with Gasteiger partial charge in [-0.25, -0.2) is 14.8 Å². The smallest absolute Gasteiger partial charge is 0.392 e. The Labute approximate surface area is 220 Å². The first-order valence-corrected chi connectivity index (χ1v) is 13.7. The predicted octanol–water partition coefficient (Wildman–Crippen LogP) is 6.23. The summed E-state index contributed by atoms with van der Waals surface area (Å²) in [4.78, 5) is 21.7. The number of halogens is 3. The summed E-state index contributed by atoms with van der Waals surface area (Å²) in [6.07, 6.45) is 5.99. The Balaban J connectivity index is 1.25. The highest BCUT2D eigenvalue weighted by Gasteiger charge is 2.48. The molecule has 1 saturated heterocycles. The Morgan fingerprint density at radius 2 is 1.87 bits per heavy atom. The fraction of sp³-hybridized carbons (Fsp3) is 0.704. The molecule has 5 rings (SSSR count). The molecule has 3 heterocycles. The van der Waals surface area contributed by atoms with Crippen LogP contribution in [0.4, 0.5) is 19.0 Å². The second-order valence-corrected chi connectivity index (χ2v) is 10.8. The monoisotopic (exact) mass is 536 g/mol. The molecule has 2 aromatic heterocycles. The molecule has 208 valence electrons. The molecule has 0 radical (unpaired) electrons. The Kier molecular flexibility index (Phi) is 7.93. The summed E-state index contributed by atoms with van der Waals surface area (Å²) in [7, 11) is 0. The van der Waals surface area contributed by atoms with Gasteiger partial charge in [0.25, 0.3) is 0 Å². The summed E-state index contributed by atoms with van der Waals surface area (Å²) in [6.45, 7) is 2.74. The van der Waals surface area contributed by atoms with Crippen molar-refractivity contribution in [2.75, 3.05) is 11.5 Å². The molecule has 0 aromatic carbocycles. The van der Waals surface area contributed by atoms with Crippen molar-refractivity contribution in [1.29, 1.82) is 0 Å². The topological polar surface area (TPSA) is 102 Å². The molecular weight excluding hydrogens is 501 g/mol. The fourth-order valence-corrected chi connectivity index (χ4v) is 6.27. The van der Waals surface area contributed by atoms with Gasteiger partial charge in [-0.1, -0.05) is 24.9 Å². The molecule has 0 bridgehead atoms. The van der Waals surface area contributed by atoms with Crippen molar-refractivity contribution in [3.8, 4) is 0 Å². The van der Waals surface area contributed by atoms with Crippen LogP contribution in [0.3, 0.4) is 0 Å². The lowest BCUT2D eigenvalue weighted by Crippen LogP contribution is -2.37. The minimum atomic E-state index is -4.25. The van der Waals surface area contributed by atoms with Crippen LogP contribution in [0.15, 0.2) is 16.9 Å². The van der Waals surface area contributed by atoms with Crippen molar-refractivity contribution in [2.24, 2.45) is 5.92 Å². The van der Waals surface area contributed by atoms with Crippen molar-refractivity contribution in [2.45, 2.75) is 108 Å². The van der Waals surface area contributed by atoms with Crippen LogP contribution in [0.5, 0.6) is 0 Å². The molecule has 3 unspecified atom stereocenters. The number of carbonyl (C=O) groups is 1. The van der Waals surface area contributed by atoms with E-state index in [4.69, 9.17) is 14.4 Å². The maximum atomic E-state index is 13.8. The van der Waals surface area contributed by atoms with Crippen LogP contribution in [0.25, 0.3) is 0 Å². The maximum Gasteiger partial charge on any atom is 0.392 e. The molecule has 2 aliphatic carbocycles. The summed E-state index contributed by atoms with van der Waals surface area (Å²) in [6, 6.07) is 0.435. The third-order valence-electron chi connectivity index (χ3n) is 8.39. The van der Waals surface area contributed by atoms with E-state index in [1.54, 1.807) is 0 Å². The van der Waals surface area contributed by atoms with E-state index in [-0.39, 0.29) is 36.7 Å². The average Bonchev–Trinajstić information content (AvgIpc) is 3.53. The summed E-state index contributed by atoms with van der Waals surface area (Å²) in [5.41, 5.74) is 1.07. The van der Waals surface area contributed by atoms with Crippen molar-refractivity contribution in [3.63, 3.8) is 0 Å². The molecule has 8 nitrogen and oxygen atoms in total. The number of aromatic carboxylic acids is 1. The standard InChI is InChI=1S/C27H35F3N4O4/c1-2-17-9-10-18(34(17)23-14-31-22(13-32-23)26(35)36)11-12-37-15-20-24(33-38-25(20)16-7-8-16)19-5-3-4-6-21(19)27(28,29)30/h13-14,16-19,21H,2-12,15H2,1H3,(H,35,36)/t17?,18-,19?,21?/m0/s1. The first-order valence-electron chi connectivity index (χ1n) is 13.7. The molecular formula is C27H35F3N4O4. The summed E-state index contributed by atoms with van der Waals surface area (Å²) < 4.78 is 53.2. The molecule has 3 aliphatic rings. The van der Waals surface area contributed by atoms with Gasteiger partial charge in [0.05, 0.1) is 30.6 Å². The van der Waals surface area contributed by atoms with E-state index < -0.39 is 24.0 Å². The fourth-order valence-electron chi connectivity index (χ4n) is 6.27. The van der Waals surface area contributed by atoms with Crippen LogP contribution >= 0.6 is 0 Å². The van der Waals surface area contributed by atoms with Gasteiger partial charge < -0.3 is 19.3 Å². The van der Waals surface area contributed by atoms with Gasteiger partial charge in [0, 0.05) is 36.1 Å². The molecule has 1 aliphatic heterocycles. The number of nitrogens with zero attached hydrogens (tertiary/aromatic N) is 4. The minimum absolute atomic E-state index is 0.0948. The van der Waals surface area contributed by atoms with Gasteiger partial charge in [-0.15, -0.1) is 0 Å². The second-order valence-electron chi connectivity index (χ2n) is 10.8. The van der Waals surface area contributed by atoms with Crippen molar-refractivity contribution in [1.82, 2.24) is 15.1 Å². The highest BCUT2D eigenvalue weighted by Crippen LogP contribution is 2.50. The highest BCUT2D eigenvalue weighted by atomic mass is 19.4. The molecule has 3 fully saturated rings. The lowest BCUT2D eigenvalue weighted by Gasteiger charge is -2.32. The zero-order chi connectivity index (χ0) is 26.9. The largest absolute Gasteiger partial charge is 0.476 e. The molecule has 38 heavy (non-hydrogen) atoms. The van der Waals surface area contributed by atoms with Crippen LogP contribution in [-0.4, -0.2) is 51.1 Å². The first-order chi connectivity index (χ1) is 18.3. The number of rotatable bonds is 10. The lowest BCUT2D eigenvalue weighted by atomic mass is 9.76. The average molecular weight is 537 g/mol. The zero-order valence-corrected chi connectivity index (χ0v) is 21.6. The van der Waals surface area contributed by atoms with Gasteiger partial charge >= 0.3 is 12.1 Å². The predicted molar refractivity (Wildman–Crippen MR) is 132 cm³/mol. The van der Waals surface area contributed by atoms with Crippen LogP contribution in [0, 0.1) is 5.92 Å². The van der Waals surface area contributed by atoms with Crippen molar-refractivity contribution < 1.29 is 32.3 Å². The number of anilines is 1. The van der Waals surface area contributed by atoms with E-state index in [0.717, 1.165) is 44.1 Å². The van der Waals surface area contributed by atoms with Crippen molar-refractivity contribution >= 4 is 11.8 Å². The van der Waals surface area contributed by atoms with Gasteiger partial charge in [-0.05, 0) is 51.4 Å². The lowest BCUT2D eigenvalue weighted by molar-refractivity contribution is -0.187. The number of hydrogen-bond donors (Lipinski definition) is 1. The highest BCUT2D eigenvalue weighted by molar-refractivity contribution is 5.84. The number of ether oxygens (including phenoxy) is 1. The normalized spacial score (nSPS) is 26.2. The third-order valence-corrected chi connectivity index (χ3v) is 8.39. The number of carboxylic acids is 1. The molecule has 0 spiro atoms. The minimum Gasteiger partial charge on any atom is -0.476 e. The Morgan fingerprint density at radius 3 is 2.53 bits per heavy atom. The molecule has 11 heteroatoms.